The van der Waals surface area contributed by atoms with Gasteiger partial charge in [-0.2, -0.15) is 0 Å². The molecule has 1 aromatic heterocycles. The molecule has 0 atom stereocenters. The summed E-state index contributed by atoms with van der Waals surface area (Å²) in [6.45, 7) is 0.197. The molecule has 110 valence electrons. The Balaban J connectivity index is 1.85. The number of hydrogen-bond acceptors (Lipinski definition) is 5. The minimum atomic E-state index is -0.618. The van der Waals surface area contributed by atoms with Gasteiger partial charge in [-0.3, -0.25) is 4.79 Å². The Labute approximate surface area is 119 Å². The minimum Gasteiger partial charge on any atom is -0.464 e. The fourth-order valence-electron chi connectivity index (χ4n) is 1.58. The molecule has 0 aliphatic rings. The molecular formula is C13H13FN4O3. The molecule has 1 amide bonds. The highest BCUT2D eigenvalue weighted by Crippen LogP contribution is 2.02. The Morgan fingerprint density at radius 3 is 2.71 bits per heavy atom. The van der Waals surface area contributed by atoms with Crippen LogP contribution in [0.4, 0.5) is 4.39 Å². The van der Waals surface area contributed by atoms with Gasteiger partial charge < -0.3 is 10.1 Å². The number of ether oxygens (including phenoxy) is 1. The Bertz CT molecular complexity index is 639. The van der Waals surface area contributed by atoms with Crippen LogP contribution >= 0.6 is 0 Å². The lowest BCUT2D eigenvalue weighted by molar-refractivity contribution is -0.122. The number of nitrogens with zero attached hydrogens (tertiary/aromatic N) is 3. The molecule has 8 heteroatoms. The molecular weight excluding hydrogens is 279 g/mol. The van der Waals surface area contributed by atoms with Gasteiger partial charge in [0.2, 0.25) is 5.91 Å². The number of rotatable bonds is 5. The van der Waals surface area contributed by atoms with Crippen molar-refractivity contribution >= 4 is 11.9 Å². The third kappa shape index (κ3) is 4.10. The molecule has 1 heterocycles. The predicted molar refractivity (Wildman–Crippen MR) is 69.6 cm³/mol. The summed E-state index contributed by atoms with van der Waals surface area (Å²) in [6, 6.07) is 5.81. The third-order valence-corrected chi connectivity index (χ3v) is 2.64. The fraction of sp³-hybridized carbons (Fsp3) is 0.231. The number of esters is 1. The molecule has 1 aromatic carbocycles. The SMILES string of the molecule is COC(=O)c1cn(CC(=O)NCc2ccc(F)cc2)nn1. The van der Waals surface area contributed by atoms with E-state index in [2.05, 4.69) is 20.4 Å². The normalized spacial score (nSPS) is 10.2. The van der Waals surface area contributed by atoms with E-state index < -0.39 is 5.97 Å². The highest BCUT2D eigenvalue weighted by atomic mass is 19.1. The van der Waals surface area contributed by atoms with E-state index in [4.69, 9.17) is 0 Å². The molecule has 7 nitrogen and oxygen atoms in total. The quantitative estimate of drug-likeness (QED) is 0.812. The molecule has 2 rings (SSSR count). The van der Waals surface area contributed by atoms with Gasteiger partial charge in [0.25, 0.3) is 0 Å². The van der Waals surface area contributed by atoms with Crippen molar-refractivity contribution in [2.75, 3.05) is 7.11 Å². The summed E-state index contributed by atoms with van der Waals surface area (Å²) >= 11 is 0. The highest BCUT2D eigenvalue weighted by Gasteiger charge is 2.12. The number of nitrogens with one attached hydrogen (secondary N) is 1. The Hall–Kier alpha value is -2.77. The summed E-state index contributed by atoms with van der Waals surface area (Å²) in [6.07, 6.45) is 1.32. The minimum absolute atomic E-state index is 0.0313. The van der Waals surface area contributed by atoms with Crippen LogP contribution in [-0.4, -0.2) is 34.0 Å². The van der Waals surface area contributed by atoms with Crippen molar-refractivity contribution in [1.82, 2.24) is 20.3 Å². The van der Waals surface area contributed by atoms with Gasteiger partial charge in [0.05, 0.1) is 13.3 Å². The number of amides is 1. The van der Waals surface area contributed by atoms with Crippen LogP contribution in [0, 0.1) is 5.82 Å². The molecule has 0 fully saturated rings. The first-order chi connectivity index (χ1) is 10.1. The van der Waals surface area contributed by atoms with Crippen molar-refractivity contribution < 1.29 is 18.7 Å². The Kier molecular flexibility index (Phi) is 4.60. The zero-order chi connectivity index (χ0) is 15.2. The van der Waals surface area contributed by atoms with Crippen LogP contribution in [0.15, 0.2) is 30.5 Å². The summed E-state index contributed by atoms with van der Waals surface area (Å²) in [7, 11) is 1.23. The van der Waals surface area contributed by atoms with Gasteiger partial charge in [-0.25, -0.2) is 13.9 Å². The van der Waals surface area contributed by atoms with Crippen molar-refractivity contribution in [2.24, 2.45) is 0 Å². The van der Waals surface area contributed by atoms with E-state index in [9.17, 15) is 14.0 Å². The first-order valence-electron chi connectivity index (χ1n) is 6.08. The van der Waals surface area contributed by atoms with Gasteiger partial charge in [-0.15, -0.1) is 5.10 Å². The maximum Gasteiger partial charge on any atom is 0.360 e. The van der Waals surface area contributed by atoms with Crippen LogP contribution in [0.3, 0.4) is 0 Å². The number of aromatic nitrogens is 3. The smallest absolute Gasteiger partial charge is 0.360 e. The van der Waals surface area contributed by atoms with Crippen LogP contribution in [-0.2, 0) is 22.6 Å². The van der Waals surface area contributed by atoms with E-state index in [1.165, 1.54) is 30.1 Å². The molecule has 21 heavy (non-hydrogen) atoms. The van der Waals surface area contributed by atoms with Crippen LogP contribution in [0.25, 0.3) is 0 Å². The summed E-state index contributed by atoms with van der Waals surface area (Å²) in [4.78, 5) is 22.9. The van der Waals surface area contributed by atoms with E-state index in [1.807, 2.05) is 0 Å². The number of carbonyl (C=O) groups excluding carboxylic acids is 2. The summed E-state index contributed by atoms with van der Waals surface area (Å²) in [5.74, 6) is -1.25. The molecule has 0 unspecified atom stereocenters. The van der Waals surface area contributed by atoms with Crippen molar-refractivity contribution in [3.05, 3.63) is 47.5 Å². The number of hydrogen-bond donors (Lipinski definition) is 1. The van der Waals surface area contributed by atoms with E-state index in [0.29, 0.717) is 0 Å². The van der Waals surface area contributed by atoms with Gasteiger partial charge >= 0.3 is 5.97 Å². The number of benzene rings is 1. The fourth-order valence-corrected chi connectivity index (χ4v) is 1.58. The van der Waals surface area contributed by atoms with Crippen LogP contribution in [0.5, 0.6) is 0 Å². The van der Waals surface area contributed by atoms with Crippen molar-refractivity contribution in [3.63, 3.8) is 0 Å². The second-order valence-corrected chi connectivity index (χ2v) is 4.20. The summed E-state index contributed by atoms with van der Waals surface area (Å²) in [5.41, 5.74) is 0.808. The van der Waals surface area contributed by atoms with Gasteiger partial charge in [-0.05, 0) is 17.7 Å². The zero-order valence-corrected chi connectivity index (χ0v) is 11.2. The van der Waals surface area contributed by atoms with Gasteiger partial charge in [0, 0.05) is 6.54 Å². The molecule has 0 saturated heterocycles. The molecule has 0 aliphatic carbocycles. The van der Waals surface area contributed by atoms with E-state index in [0.717, 1.165) is 5.56 Å². The topological polar surface area (TPSA) is 86.1 Å². The van der Waals surface area contributed by atoms with Crippen LogP contribution in [0.2, 0.25) is 0 Å². The van der Waals surface area contributed by atoms with Gasteiger partial charge in [0.15, 0.2) is 5.69 Å². The molecule has 0 spiro atoms. The van der Waals surface area contributed by atoms with Crippen LogP contribution in [0.1, 0.15) is 16.1 Å². The average molecular weight is 292 g/mol. The monoisotopic (exact) mass is 292 g/mol. The summed E-state index contributed by atoms with van der Waals surface area (Å²) in [5, 5.41) is 9.89. The molecule has 0 aliphatic heterocycles. The first-order valence-corrected chi connectivity index (χ1v) is 6.08. The predicted octanol–water partition coefficient (Wildman–Crippen LogP) is 0.520. The molecule has 2 aromatic rings. The third-order valence-electron chi connectivity index (χ3n) is 2.64. The lowest BCUT2D eigenvalue weighted by atomic mass is 10.2. The average Bonchev–Trinajstić information content (AvgIpc) is 2.94. The molecule has 0 radical (unpaired) electrons. The van der Waals surface area contributed by atoms with E-state index in [1.54, 1.807) is 12.1 Å². The molecule has 1 N–H and O–H groups in total. The number of methoxy groups -OCH3 is 1. The molecule has 0 bridgehead atoms. The largest absolute Gasteiger partial charge is 0.464 e. The zero-order valence-electron chi connectivity index (χ0n) is 11.2. The molecule has 0 saturated carbocycles. The second-order valence-electron chi connectivity index (χ2n) is 4.20. The van der Waals surface area contributed by atoms with Crippen molar-refractivity contribution in [1.29, 1.82) is 0 Å². The second kappa shape index (κ2) is 6.60. The lowest BCUT2D eigenvalue weighted by Gasteiger charge is -2.05. The number of carbonyl (C=O) groups is 2. The van der Waals surface area contributed by atoms with Gasteiger partial charge in [-0.1, -0.05) is 17.3 Å². The van der Waals surface area contributed by atoms with Gasteiger partial charge in [0.1, 0.15) is 12.4 Å². The standard InChI is InChI=1S/C13H13FN4O3/c1-21-13(20)11-7-18(17-16-11)8-12(19)15-6-9-2-4-10(14)5-3-9/h2-5,7H,6,8H2,1H3,(H,15,19). The van der Waals surface area contributed by atoms with Crippen molar-refractivity contribution in [2.45, 2.75) is 13.1 Å². The van der Waals surface area contributed by atoms with Crippen molar-refractivity contribution in [3.8, 4) is 0 Å². The van der Waals surface area contributed by atoms with Crippen LogP contribution < -0.4 is 5.32 Å². The van der Waals surface area contributed by atoms with E-state index in [-0.39, 0.29) is 30.5 Å². The maximum absolute atomic E-state index is 12.7. The Morgan fingerprint density at radius 2 is 2.05 bits per heavy atom. The summed E-state index contributed by atoms with van der Waals surface area (Å²) < 4.78 is 18.4. The Morgan fingerprint density at radius 1 is 1.33 bits per heavy atom. The highest BCUT2D eigenvalue weighted by molar-refractivity contribution is 5.86. The maximum atomic E-state index is 12.7. The lowest BCUT2D eigenvalue weighted by Crippen LogP contribution is -2.27. The van der Waals surface area contributed by atoms with E-state index >= 15 is 0 Å². The first kappa shape index (κ1) is 14.6. The number of halogens is 1.